The molecule has 1 fully saturated rings. The Kier molecular flexibility index (Phi) is 10.7. The Balaban J connectivity index is 1.48. The van der Waals surface area contributed by atoms with Crippen LogP contribution in [0.5, 0.6) is 5.75 Å². The Morgan fingerprint density at radius 1 is 1.02 bits per heavy atom. The monoisotopic (exact) mass is 608 g/mol. The lowest BCUT2D eigenvalue weighted by molar-refractivity contribution is -0.136. The zero-order valence-corrected chi connectivity index (χ0v) is 25.4. The molecule has 1 heterocycles. The summed E-state index contributed by atoms with van der Waals surface area (Å²) in [6.45, 7) is 7.71. The van der Waals surface area contributed by atoms with Gasteiger partial charge in [0.1, 0.15) is 12.3 Å². The van der Waals surface area contributed by atoms with Crippen LogP contribution >= 0.6 is 15.9 Å². The summed E-state index contributed by atoms with van der Waals surface area (Å²) in [5.74, 6) is 0.739. The number of ether oxygens (including phenoxy) is 1. The summed E-state index contributed by atoms with van der Waals surface area (Å²) in [5.41, 5.74) is 2.96. The second-order valence-corrected chi connectivity index (χ2v) is 11.6. The van der Waals surface area contributed by atoms with Crippen LogP contribution in [0, 0.1) is 0 Å². The predicted molar refractivity (Wildman–Crippen MR) is 164 cm³/mol. The molecular weight excluding hydrogens is 568 g/mol. The van der Waals surface area contributed by atoms with Gasteiger partial charge in [0.15, 0.2) is 0 Å². The normalized spacial score (nSPS) is 13.7. The molecule has 1 saturated carbocycles. The Labute approximate surface area is 246 Å². The summed E-state index contributed by atoms with van der Waals surface area (Å²) < 4.78 is 8.77. The van der Waals surface area contributed by atoms with E-state index in [1.54, 1.807) is 4.90 Å². The van der Waals surface area contributed by atoms with Crippen molar-refractivity contribution in [2.24, 2.45) is 0 Å². The van der Waals surface area contributed by atoms with E-state index < -0.39 is 0 Å². The molecule has 0 unspecified atom stereocenters. The molecule has 8 heteroatoms. The number of hydrogen-bond acceptors (Lipinski definition) is 3. The van der Waals surface area contributed by atoms with Crippen LogP contribution in [-0.2, 0) is 17.9 Å². The number of anilines is 1. The quantitative estimate of drug-likeness (QED) is 0.248. The van der Waals surface area contributed by atoms with Crippen LogP contribution in [0.1, 0.15) is 64.1 Å². The third-order valence-electron chi connectivity index (χ3n) is 7.46. The van der Waals surface area contributed by atoms with Gasteiger partial charge in [-0.05, 0) is 87.7 Å². The van der Waals surface area contributed by atoms with Gasteiger partial charge >= 0.3 is 6.03 Å². The minimum Gasteiger partial charge on any atom is -0.494 e. The molecule has 1 N–H and O–H groups in total. The van der Waals surface area contributed by atoms with Crippen LogP contribution in [0.15, 0.2) is 71.3 Å². The number of carbonyl (C=O) groups is 2. The van der Waals surface area contributed by atoms with Crippen molar-refractivity contribution in [1.82, 2.24) is 14.4 Å². The van der Waals surface area contributed by atoms with E-state index >= 15 is 0 Å². The maximum atomic E-state index is 13.9. The first-order chi connectivity index (χ1) is 19.3. The van der Waals surface area contributed by atoms with Gasteiger partial charge in [-0.3, -0.25) is 4.79 Å². The Bertz CT molecular complexity index is 1230. The van der Waals surface area contributed by atoms with Crippen LogP contribution in [0.2, 0.25) is 0 Å². The fourth-order valence-corrected chi connectivity index (χ4v) is 5.51. The summed E-state index contributed by atoms with van der Waals surface area (Å²) in [4.78, 5) is 30.9. The first-order valence-electron chi connectivity index (χ1n) is 14.3. The molecule has 0 saturated heterocycles. The lowest BCUT2D eigenvalue weighted by Gasteiger charge is -2.37. The van der Waals surface area contributed by atoms with Gasteiger partial charge in [0.05, 0.1) is 13.2 Å². The van der Waals surface area contributed by atoms with Gasteiger partial charge < -0.3 is 24.4 Å². The molecule has 2 aromatic carbocycles. The number of urea groups is 1. The van der Waals surface area contributed by atoms with E-state index in [9.17, 15) is 9.59 Å². The van der Waals surface area contributed by atoms with Gasteiger partial charge in [-0.15, -0.1) is 0 Å². The van der Waals surface area contributed by atoms with Gasteiger partial charge in [-0.2, -0.15) is 0 Å². The second kappa shape index (κ2) is 14.4. The highest BCUT2D eigenvalue weighted by Gasteiger charge is 2.29. The number of carbonyl (C=O) groups excluding carboxylic acids is 2. The summed E-state index contributed by atoms with van der Waals surface area (Å²) in [5, 5.41) is 2.96. The molecule has 1 aliphatic rings. The number of nitrogens with zero attached hydrogens (tertiary/aromatic N) is 3. The summed E-state index contributed by atoms with van der Waals surface area (Å²) in [6, 6.07) is 19.5. The lowest BCUT2D eigenvalue weighted by atomic mass is 9.94. The highest BCUT2D eigenvalue weighted by atomic mass is 79.9. The zero-order valence-electron chi connectivity index (χ0n) is 23.8. The molecule has 7 nitrogen and oxygen atoms in total. The maximum absolute atomic E-state index is 13.9. The minimum atomic E-state index is -0.283. The first kappa shape index (κ1) is 29.7. The smallest absolute Gasteiger partial charge is 0.322 e. The van der Waals surface area contributed by atoms with Crippen LogP contribution < -0.4 is 10.1 Å². The molecule has 3 amide bonds. The largest absolute Gasteiger partial charge is 0.494 e. The van der Waals surface area contributed by atoms with E-state index in [4.69, 9.17) is 4.74 Å². The van der Waals surface area contributed by atoms with Crippen LogP contribution in [-0.4, -0.2) is 51.5 Å². The average Bonchev–Trinajstić information content (AvgIpc) is 3.39. The van der Waals surface area contributed by atoms with Crippen LogP contribution in [0.3, 0.4) is 0 Å². The molecule has 0 spiro atoms. The van der Waals surface area contributed by atoms with Crippen molar-refractivity contribution in [3.63, 3.8) is 0 Å². The molecule has 214 valence electrons. The van der Waals surface area contributed by atoms with E-state index in [-0.39, 0.29) is 30.6 Å². The summed E-state index contributed by atoms with van der Waals surface area (Å²) in [6.07, 6.45) is 7.53. The number of amides is 3. The molecule has 3 aromatic rings. The van der Waals surface area contributed by atoms with Gasteiger partial charge in [0, 0.05) is 40.7 Å². The van der Waals surface area contributed by atoms with E-state index in [0.717, 1.165) is 48.1 Å². The van der Waals surface area contributed by atoms with E-state index in [0.29, 0.717) is 18.8 Å². The highest BCUT2D eigenvalue weighted by molar-refractivity contribution is 9.10. The second-order valence-electron chi connectivity index (χ2n) is 10.7. The van der Waals surface area contributed by atoms with Crippen LogP contribution in [0.4, 0.5) is 10.5 Å². The third kappa shape index (κ3) is 8.13. The number of halogens is 1. The van der Waals surface area contributed by atoms with Gasteiger partial charge in [0.2, 0.25) is 5.91 Å². The van der Waals surface area contributed by atoms with Crippen molar-refractivity contribution < 1.29 is 14.3 Å². The van der Waals surface area contributed by atoms with Crippen molar-refractivity contribution in [3.05, 3.63) is 82.6 Å². The molecule has 40 heavy (non-hydrogen) atoms. The lowest BCUT2D eigenvalue weighted by Crippen LogP contribution is -2.50. The van der Waals surface area contributed by atoms with Gasteiger partial charge in [0.25, 0.3) is 0 Å². The Morgan fingerprint density at radius 3 is 2.38 bits per heavy atom. The number of benzene rings is 2. The van der Waals surface area contributed by atoms with Crippen molar-refractivity contribution in [3.8, 4) is 5.75 Å². The topological polar surface area (TPSA) is 66.8 Å². The zero-order chi connectivity index (χ0) is 28.5. The van der Waals surface area contributed by atoms with Crippen molar-refractivity contribution in [2.45, 2.75) is 78.0 Å². The highest BCUT2D eigenvalue weighted by Crippen LogP contribution is 2.25. The molecule has 0 aliphatic heterocycles. The number of aromatic nitrogens is 1. The molecular formula is C32H41BrN4O3. The van der Waals surface area contributed by atoms with Crippen molar-refractivity contribution in [1.29, 1.82) is 0 Å². The number of nitrogens with one attached hydrogen (secondary N) is 1. The fourth-order valence-electron chi connectivity index (χ4n) is 5.24. The number of rotatable bonds is 11. The molecule has 0 bridgehead atoms. The molecule has 0 radical (unpaired) electrons. The summed E-state index contributed by atoms with van der Waals surface area (Å²) in [7, 11) is 0. The Hall–Kier alpha value is -3.26. The first-order valence-corrected chi connectivity index (χ1v) is 15.1. The van der Waals surface area contributed by atoms with E-state index in [1.807, 2.05) is 56.0 Å². The van der Waals surface area contributed by atoms with E-state index in [1.165, 1.54) is 12.0 Å². The van der Waals surface area contributed by atoms with Gasteiger partial charge in [-0.1, -0.05) is 47.3 Å². The molecule has 4 rings (SSSR count). The number of hydrogen-bond donors (Lipinski definition) is 1. The summed E-state index contributed by atoms with van der Waals surface area (Å²) >= 11 is 3.51. The van der Waals surface area contributed by atoms with Crippen molar-refractivity contribution >= 4 is 33.6 Å². The predicted octanol–water partition coefficient (Wildman–Crippen LogP) is 7.30. The Morgan fingerprint density at radius 2 is 1.73 bits per heavy atom. The fraction of sp³-hybridized carbons (Fsp3) is 0.438. The SMILES string of the molecule is CCOc1ccc(NC(=O)N(CC(=O)N(Cc2cccn2Cc2ccc(Br)cc2)C2CCCCC2)C(C)C)cc1. The molecule has 0 atom stereocenters. The van der Waals surface area contributed by atoms with Gasteiger partial charge in [-0.25, -0.2) is 4.79 Å². The van der Waals surface area contributed by atoms with E-state index in [2.05, 4.69) is 62.3 Å². The average molecular weight is 610 g/mol. The molecule has 1 aliphatic carbocycles. The van der Waals surface area contributed by atoms with Crippen LogP contribution in [0.25, 0.3) is 0 Å². The standard InChI is InChI=1S/C32H41BrN4O3/c1-4-40-30-18-16-27(17-19-30)34-32(39)36(24(2)3)23-31(38)37(28-9-6-5-7-10-28)22-29-11-8-20-35(29)21-25-12-14-26(33)15-13-25/h8,11-20,24,28H,4-7,9-10,21-23H2,1-3H3,(H,34,39). The third-order valence-corrected chi connectivity index (χ3v) is 7.99. The minimum absolute atomic E-state index is 0.0150. The van der Waals surface area contributed by atoms with Crippen molar-refractivity contribution in [2.75, 3.05) is 18.5 Å². The molecule has 1 aromatic heterocycles. The maximum Gasteiger partial charge on any atom is 0.322 e.